The highest BCUT2D eigenvalue weighted by atomic mass is 79.9. The third kappa shape index (κ3) is 5.42. The van der Waals surface area contributed by atoms with E-state index in [-0.39, 0.29) is 34.4 Å². The van der Waals surface area contributed by atoms with Crippen LogP contribution in [0.5, 0.6) is 0 Å². The fourth-order valence-corrected chi connectivity index (χ4v) is 10.1. The lowest BCUT2D eigenvalue weighted by Crippen LogP contribution is -2.58. The van der Waals surface area contributed by atoms with E-state index in [9.17, 15) is 19.5 Å². The molecule has 3 aliphatic rings. The van der Waals surface area contributed by atoms with Gasteiger partial charge in [-0.2, -0.15) is 0 Å². The molecule has 3 heterocycles. The van der Waals surface area contributed by atoms with Crippen molar-refractivity contribution in [1.29, 1.82) is 0 Å². The number of amides is 3. The first-order chi connectivity index (χ1) is 17.8. The average Bonchev–Trinajstić information content (AvgIpc) is 3.47. The zero-order chi connectivity index (χ0) is 27.3. The number of hydrogen-bond acceptors (Lipinski definition) is 5. The molecule has 7 nitrogen and oxygen atoms in total. The highest BCUT2D eigenvalue weighted by Gasteiger charge is 2.76. The second kappa shape index (κ2) is 13.2. The molecule has 0 aromatic rings. The first-order valence-corrected chi connectivity index (χ1v) is 15.6. The monoisotopic (exact) mass is 597 g/mol. The number of alkyl halides is 1. The zero-order valence-electron chi connectivity index (χ0n) is 22.6. The van der Waals surface area contributed by atoms with Gasteiger partial charge in [0.2, 0.25) is 17.7 Å². The predicted octanol–water partition coefficient (Wildman–Crippen LogP) is 3.85. The number of carbonyl (C=O) groups is 3. The summed E-state index contributed by atoms with van der Waals surface area (Å²) in [6.07, 6.45) is 8.41. The van der Waals surface area contributed by atoms with Crippen LogP contribution in [0.2, 0.25) is 0 Å². The summed E-state index contributed by atoms with van der Waals surface area (Å²) in [5.74, 6) is -1.36. The molecule has 3 unspecified atom stereocenters. The Labute approximate surface area is 235 Å². The van der Waals surface area contributed by atoms with Crippen molar-refractivity contribution in [3.8, 4) is 0 Å². The van der Waals surface area contributed by atoms with Crippen LogP contribution in [0.3, 0.4) is 0 Å². The summed E-state index contributed by atoms with van der Waals surface area (Å²) < 4.78 is -0.702. The molecule has 7 atom stereocenters. The molecule has 208 valence electrons. The summed E-state index contributed by atoms with van der Waals surface area (Å²) in [5, 5.41) is 10.2. The zero-order valence-corrected chi connectivity index (χ0v) is 25.0. The number of thioether (sulfide) groups is 1. The molecule has 3 aliphatic heterocycles. The third-order valence-corrected chi connectivity index (χ3v) is 11.4. The summed E-state index contributed by atoms with van der Waals surface area (Å²) in [4.78, 5) is 47.9. The molecule has 3 amide bonds. The number of aliphatic hydroxyl groups is 1. The van der Waals surface area contributed by atoms with Crippen molar-refractivity contribution in [3.63, 3.8) is 0 Å². The number of fused-ring (bicyclic) bond motifs is 1. The summed E-state index contributed by atoms with van der Waals surface area (Å²) in [6.45, 7) is 15.6. The molecular formula is C28H44BrN3O4S. The molecule has 1 spiro atoms. The largest absolute Gasteiger partial charge is 0.394 e. The summed E-state index contributed by atoms with van der Waals surface area (Å²) in [5.41, 5.74) is 0. The molecule has 0 aromatic heterocycles. The van der Waals surface area contributed by atoms with E-state index in [2.05, 4.69) is 36.0 Å². The van der Waals surface area contributed by atoms with E-state index >= 15 is 0 Å². The first-order valence-electron chi connectivity index (χ1n) is 13.8. The van der Waals surface area contributed by atoms with E-state index in [4.69, 9.17) is 0 Å². The molecule has 0 saturated carbocycles. The predicted molar refractivity (Wildman–Crippen MR) is 154 cm³/mol. The van der Waals surface area contributed by atoms with Crippen molar-refractivity contribution >= 4 is 45.4 Å². The lowest BCUT2D eigenvalue weighted by Gasteiger charge is -2.40. The molecule has 0 aromatic carbocycles. The fourth-order valence-electron chi connectivity index (χ4n) is 6.54. The van der Waals surface area contributed by atoms with Crippen molar-refractivity contribution in [2.45, 2.75) is 86.2 Å². The van der Waals surface area contributed by atoms with Crippen molar-refractivity contribution in [1.82, 2.24) is 14.7 Å². The summed E-state index contributed by atoms with van der Waals surface area (Å²) in [6, 6.07) is -1.18. The Morgan fingerprint density at radius 3 is 2.32 bits per heavy atom. The minimum atomic E-state index is -0.712. The second-order valence-corrected chi connectivity index (χ2v) is 13.2. The molecule has 0 aliphatic carbocycles. The van der Waals surface area contributed by atoms with Gasteiger partial charge in [-0.1, -0.05) is 61.7 Å². The van der Waals surface area contributed by atoms with Gasteiger partial charge in [0.15, 0.2) is 0 Å². The SMILES string of the molecule is C=CCN(CCCCC)C(=O)C1N([C@@H](CC)CO)C(=O)[C@@H]2[C@@H](C(=O)N(CC=C)CCC)[C@@H]3SC12CC3Br. The second-order valence-electron chi connectivity index (χ2n) is 10.5. The van der Waals surface area contributed by atoms with E-state index < -0.39 is 28.7 Å². The van der Waals surface area contributed by atoms with Crippen LogP contribution in [0.1, 0.15) is 59.3 Å². The number of rotatable bonds is 15. The van der Waals surface area contributed by atoms with Crippen molar-refractivity contribution in [2.75, 3.05) is 32.8 Å². The smallest absolute Gasteiger partial charge is 0.247 e. The van der Waals surface area contributed by atoms with Crippen LogP contribution < -0.4 is 0 Å². The van der Waals surface area contributed by atoms with Crippen molar-refractivity contribution < 1.29 is 19.5 Å². The minimum absolute atomic E-state index is 0.0279. The highest BCUT2D eigenvalue weighted by molar-refractivity contribution is 9.09. The van der Waals surface area contributed by atoms with Gasteiger partial charge in [0, 0.05) is 36.3 Å². The standard InChI is InChI=1S/C28H44BrN3O4S/c1-6-11-12-16-31(15-9-4)27(36)24-28-17-20(29)23(37-28)21(25(34)30(13-7-2)14-8-3)22(28)26(35)32(24)19(10-5)18-33/h7,9,19-24,33H,2,4,6,8,10-18H2,1,3,5H3/t19-,20?,21+,22-,23+,24?,28?/m0/s1. The molecule has 9 heteroatoms. The lowest BCUT2D eigenvalue weighted by atomic mass is 9.70. The van der Waals surface area contributed by atoms with E-state index in [1.54, 1.807) is 33.7 Å². The maximum Gasteiger partial charge on any atom is 0.247 e. The van der Waals surface area contributed by atoms with E-state index in [1.165, 1.54) is 0 Å². The van der Waals surface area contributed by atoms with Gasteiger partial charge in [-0.15, -0.1) is 24.9 Å². The molecule has 37 heavy (non-hydrogen) atoms. The van der Waals surface area contributed by atoms with Gasteiger partial charge >= 0.3 is 0 Å². The summed E-state index contributed by atoms with van der Waals surface area (Å²) >= 11 is 5.49. The van der Waals surface area contributed by atoms with Gasteiger partial charge < -0.3 is 19.8 Å². The third-order valence-electron chi connectivity index (χ3n) is 8.17. The maximum absolute atomic E-state index is 14.3. The van der Waals surface area contributed by atoms with Crippen molar-refractivity contribution in [3.05, 3.63) is 25.3 Å². The molecule has 1 N–H and O–H groups in total. The van der Waals surface area contributed by atoms with E-state index in [0.717, 1.165) is 25.7 Å². The van der Waals surface area contributed by atoms with Crippen LogP contribution in [-0.4, -0.2) is 97.2 Å². The fraction of sp³-hybridized carbons (Fsp3) is 0.750. The quantitative estimate of drug-likeness (QED) is 0.176. The number of carbonyl (C=O) groups excluding carboxylic acids is 3. The van der Waals surface area contributed by atoms with Gasteiger partial charge in [-0.3, -0.25) is 14.4 Å². The van der Waals surface area contributed by atoms with Crippen LogP contribution in [0.4, 0.5) is 0 Å². The van der Waals surface area contributed by atoms with Crippen LogP contribution in [0.15, 0.2) is 25.3 Å². The van der Waals surface area contributed by atoms with Gasteiger partial charge in [0.05, 0.1) is 29.2 Å². The number of aliphatic hydroxyl groups excluding tert-OH is 1. The Balaban J connectivity index is 2.08. The Bertz CT molecular complexity index is 868. The van der Waals surface area contributed by atoms with Gasteiger partial charge in [-0.05, 0) is 25.7 Å². The Morgan fingerprint density at radius 1 is 1.14 bits per heavy atom. The number of halogens is 1. The molecule has 3 rings (SSSR count). The molecule has 3 saturated heterocycles. The number of hydrogen-bond donors (Lipinski definition) is 1. The minimum Gasteiger partial charge on any atom is -0.394 e. The summed E-state index contributed by atoms with van der Waals surface area (Å²) in [7, 11) is 0. The normalized spacial score (nSPS) is 30.8. The van der Waals surface area contributed by atoms with Crippen LogP contribution >= 0.6 is 27.7 Å². The molecular weight excluding hydrogens is 554 g/mol. The van der Waals surface area contributed by atoms with Crippen LogP contribution in [-0.2, 0) is 14.4 Å². The van der Waals surface area contributed by atoms with Crippen LogP contribution in [0, 0.1) is 11.8 Å². The lowest BCUT2D eigenvalue weighted by molar-refractivity contribution is -0.147. The Kier molecular flexibility index (Phi) is 10.7. The molecule has 3 fully saturated rings. The van der Waals surface area contributed by atoms with Gasteiger partial charge in [0.25, 0.3) is 0 Å². The number of nitrogens with zero attached hydrogens (tertiary/aromatic N) is 3. The average molecular weight is 599 g/mol. The number of likely N-dealkylation sites (tertiary alicyclic amines) is 1. The first kappa shape index (κ1) is 30.2. The Hall–Kier alpha value is -1.32. The molecule has 2 bridgehead atoms. The highest BCUT2D eigenvalue weighted by Crippen LogP contribution is 2.68. The van der Waals surface area contributed by atoms with Gasteiger partial charge in [-0.25, -0.2) is 0 Å². The van der Waals surface area contributed by atoms with Crippen LogP contribution in [0.25, 0.3) is 0 Å². The van der Waals surface area contributed by atoms with E-state index in [1.807, 2.05) is 18.7 Å². The van der Waals surface area contributed by atoms with Crippen molar-refractivity contribution in [2.24, 2.45) is 11.8 Å². The number of unbranched alkanes of at least 4 members (excludes halogenated alkanes) is 2. The molecule has 0 radical (unpaired) electrons. The Morgan fingerprint density at radius 2 is 1.78 bits per heavy atom. The van der Waals surface area contributed by atoms with Gasteiger partial charge in [0.1, 0.15) is 6.04 Å². The topological polar surface area (TPSA) is 81.2 Å². The van der Waals surface area contributed by atoms with E-state index in [0.29, 0.717) is 39.0 Å². The maximum atomic E-state index is 14.3.